The molecule has 3 aromatic carbocycles. The average Bonchev–Trinajstić information content (AvgIpc) is 3.19. The number of carbonyl (C=O) groups is 1. The van der Waals surface area contributed by atoms with Gasteiger partial charge in [-0.25, -0.2) is 9.79 Å². The number of rotatable bonds is 7. The van der Waals surface area contributed by atoms with Crippen LogP contribution in [0.2, 0.25) is 0 Å². The highest BCUT2D eigenvalue weighted by Gasteiger charge is 2.25. The van der Waals surface area contributed by atoms with Crippen LogP contribution in [-0.4, -0.2) is 18.5 Å². The Kier molecular flexibility index (Phi) is 8.00. The van der Waals surface area contributed by atoms with Gasteiger partial charge in [-0.15, -0.1) is 0 Å². The zero-order valence-corrected chi connectivity index (χ0v) is 23.8. The van der Waals surface area contributed by atoms with E-state index in [0.29, 0.717) is 35.1 Å². The van der Waals surface area contributed by atoms with Crippen molar-refractivity contribution in [1.29, 1.82) is 0 Å². The number of hydrogen-bond donors (Lipinski definition) is 0. The molecule has 0 saturated carbocycles. The van der Waals surface area contributed by atoms with Gasteiger partial charge in [-0.3, -0.25) is 0 Å². The monoisotopic (exact) mass is 611 g/mol. The molecule has 0 amide bonds. The van der Waals surface area contributed by atoms with E-state index in [2.05, 4.69) is 57.6 Å². The molecule has 1 heterocycles. The number of aliphatic imine (C=N–C) groups is 1. The summed E-state index contributed by atoms with van der Waals surface area (Å²) in [6.07, 6.45) is 1.69. The van der Waals surface area contributed by atoms with Gasteiger partial charge in [0.15, 0.2) is 17.2 Å². The fourth-order valence-corrected chi connectivity index (χ4v) is 4.45. The summed E-state index contributed by atoms with van der Waals surface area (Å²) in [7, 11) is 0. The SMILES string of the molecule is CCOc1cc(/C=C2\N=C(c3ccc(C(C)(C)C)cc3)OC2=O)cc(Br)c1OCc1ccc(Br)cc1. The summed E-state index contributed by atoms with van der Waals surface area (Å²) < 4.78 is 19.1. The Bertz CT molecular complexity index is 1320. The minimum Gasteiger partial charge on any atom is -0.490 e. The largest absolute Gasteiger partial charge is 0.490 e. The van der Waals surface area contributed by atoms with Crippen molar-refractivity contribution in [3.05, 3.63) is 97.6 Å². The predicted octanol–water partition coefficient (Wildman–Crippen LogP) is 7.83. The topological polar surface area (TPSA) is 57.1 Å². The van der Waals surface area contributed by atoms with Crippen molar-refractivity contribution in [3.8, 4) is 11.5 Å². The highest BCUT2D eigenvalue weighted by atomic mass is 79.9. The Balaban J connectivity index is 1.58. The summed E-state index contributed by atoms with van der Waals surface area (Å²) in [5, 5.41) is 0. The fraction of sp³-hybridized carbons (Fsp3) is 0.241. The minimum atomic E-state index is -0.491. The van der Waals surface area contributed by atoms with Crippen molar-refractivity contribution in [2.75, 3.05) is 6.61 Å². The maximum Gasteiger partial charge on any atom is 0.363 e. The maximum atomic E-state index is 12.6. The summed E-state index contributed by atoms with van der Waals surface area (Å²) in [6, 6.07) is 19.6. The van der Waals surface area contributed by atoms with Gasteiger partial charge in [0.05, 0.1) is 11.1 Å². The molecule has 0 fully saturated rings. The molecule has 1 aliphatic rings. The van der Waals surface area contributed by atoms with Gasteiger partial charge < -0.3 is 14.2 Å². The van der Waals surface area contributed by atoms with E-state index in [1.54, 1.807) is 6.08 Å². The lowest BCUT2D eigenvalue weighted by Gasteiger charge is -2.18. The Hall–Kier alpha value is -2.90. The van der Waals surface area contributed by atoms with Crippen LogP contribution >= 0.6 is 31.9 Å². The zero-order chi connectivity index (χ0) is 25.9. The van der Waals surface area contributed by atoms with Crippen LogP contribution in [0.15, 0.2) is 80.3 Å². The standard InChI is InChI=1S/C29H27Br2NO4/c1-5-34-25-16-19(14-23(31)26(25)35-17-18-6-12-22(30)13-7-18)15-24-28(33)36-27(32-24)20-8-10-21(11-9-20)29(2,3)4/h6-16H,5,17H2,1-4H3/b24-15-. The number of hydrogen-bond acceptors (Lipinski definition) is 5. The first-order valence-electron chi connectivity index (χ1n) is 11.6. The second-order valence-electron chi connectivity index (χ2n) is 9.34. The second kappa shape index (κ2) is 11.0. The Morgan fingerprint density at radius 3 is 2.31 bits per heavy atom. The van der Waals surface area contributed by atoms with Crippen LogP contribution < -0.4 is 9.47 Å². The van der Waals surface area contributed by atoms with Crippen LogP contribution in [0.25, 0.3) is 6.08 Å². The molecule has 0 saturated heterocycles. The lowest BCUT2D eigenvalue weighted by atomic mass is 9.87. The first kappa shape index (κ1) is 26.2. The molecule has 3 aromatic rings. The van der Waals surface area contributed by atoms with Crippen LogP contribution in [0.5, 0.6) is 11.5 Å². The quantitative estimate of drug-likeness (QED) is 0.201. The minimum absolute atomic E-state index is 0.0392. The van der Waals surface area contributed by atoms with Crippen LogP contribution in [0.1, 0.15) is 49.9 Å². The third-order valence-electron chi connectivity index (χ3n) is 5.55. The van der Waals surface area contributed by atoms with Gasteiger partial charge in [-0.05, 0) is 87.4 Å². The van der Waals surface area contributed by atoms with E-state index in [9.17, 15) is 4.79 Å². The maximum absolute atomic E-state index is 12.6. The second-order valence-corrected chi connectivity index (χ2v) is 11.1. The van der Waals surface area contributed by atoms with E-state index >= 15 is 0 Å². The molecule has 0 bridgehead atoms. The van der Waals surface area contributed by atoms with Gasteiger partial charge >= 0.3 is 5.97 Å². The van der Waals surface area contributed by atoms with Crippen molar-refractivity contribution in [3.63, 3.8) is 0 Å². The summed E-state index contributed by atoms with van der Waals surface area (Å²) in [6.45, 7) is 9.23. The molecule has 7 heteroatoms. The first-order valence-corrected chi connectivity index (χ1v) is 13.2. The average molecular weight is 613 g/mol. The fourth-order valence-electron chi connectivity index (χ4n) is 3.61. The van der Waals surface area contributed by atoms with E-state index in [4.69, 9.17) is 14.2 Å². The molecule has 1 aliphatic heterocycles. The summed E-state index contributed by atoms with van der Waals surface area (Å²) in [5.74, 6) is 0.975. The molecule has 0 aliphatic carbocycles. The zero-order valence-electron chi connectivity index (χ0n) is 20.6. The molecule has 0 aromatic heterocycles. The number of halogens is 2. The number of cyclic esters (lactones) is 1. The normalized spacial score (nSPS) is 14.6. The van der Waals surface area contributed by atoms with Crippen molar-refractivity contribution in [2.45, 2.75) is 39.7 Å². The van der Waals surface area contributed by atoms with Gasteiger partial charge in [0.2, 0.25) is 5.90 Å². The van der Waals surface area contributed by atoms with E-state index in [1.165, 1.54) is 5.56 Å². The number of benzene rings is 3. The first-order chi connectivity index (χ1) is 17.1. The molecule has 5 nitrogen and oxygen atoms in total. The van der Waals surface area contributed by atoms with Crippen molar-refractivity contribution < 1.29 is 19.0 Å². The number of nitrogens with zero attached hydrogens (tertiary/aromatic N) is 1. The smallest absolute Gasteiger partial charge is 0.363 e. The molecular weight excluding hydrogens is 586 g/mol. The van der Waals surface area contributed by atoms with E-state index in [1.807, 2.05) is 67.6 Å². The highest BCUT2D eigenvalue weighted by molar-refractivity contribution is 9.10. The molecule has 0 spiro atoms. The third-order valence-corrected chi connectivity index (χ3v) is 6.67. The van der Waals surface area contributed by atoms with Crippen LogP contribution in [-0.2, 0) is 21.6 Å². The summed E-state index contributed by atoms with van der Waals surface area (Å²) in [4.78, 5) is 17.0. The molecule has 0 radical (unpaired) electrons. The van der Waals surface area contributed by atoms with Gasteiger partial charge in [0.25, 0.3) is 0 Å². The lowest BCUT2D eigenvalue weighted by molar-refractivity contribution is -0.129. The van der Waals surface area contributed by atoms with Gasteiger partial charge in [-0.2, -0.15) is 0 Å². The Morgan fingerprint density at radius 2 is 1.67 bits per heavy atom. The summed E-state index contributed by atoms with van der Waals surface area (Å²) in [5.41, 5.74) is 3.99. The van der Waals surface area contributed by atoms with Crippen LogP contribution in [0.4, 0.5) is 0 Å². The molecule has 0 N–H and O–H groups in total. The lowest BCUT2D eigenvalue weighted by Crippen LogP contribution is -2.11. The van der Waals surface area contributed by atoms with Crippen LogP contribution in [0, 0.1) is 0 Å². The van der Waals surface area contributed by atoms with Crippen molar-refractivity contribution in [1.82, 2.24) is 0 Å². The molecular formula is C29H27Br2NO4. The number of carbonyl (C=O) groups excluding carboxylic acids is 1. The molecule has 36 heavy (non-hydrogen) atoms. The van der Waals surface area contributed by atoms with Crippen molar-refractivity contribution in [2.24, 2.45) is 4.99 Å². The molecule has 0 atom stereocenters. The summed E-state index contributed by atoms with van der Waals surface area (Å²) >= 11 is 7.04. The van der Waals surface area contributed by atoms with E-state index in [0.717, 1.165) is 21.2 Å². The Morgan fingerprint density at radius 1 is 0.972 bits per heavy atom. The van der Waals surface area contributed by atoms with Crippen LogP contribution in [0.3, 0.4) is 0 Å². The van der Waals surface area contributed by atoms with Crippen molar-refractivity contribution >= 4 is 49.8 Å². The van der Waals surface area contributed by atoms with E-state index in [-0.39, 0.29) is 11.1 Å². The number of esters is 1. The van der Waals surface area contributed by atoms with Gasteiger partial charge in [-0.1, -0.05) is 61.0 Å². The van der Waals surface area contributed by atoms with Gasteiger partial charge in [0, 0.05) is 10.0 Å². The molecule has 186 valence electrons. The molecule has 4 rings (SSSR count). The van der Waals surface area contributed by atoms with Gasteiger partial charge in [0.1, 0.15) is 6.61 Å². The predicted molar refractivity (Wildman–Crippen MR) is 150 cm³/mol. The Labute approximate surface area is 228 Å². The van der Waals surface area contributed by atoms with E-state index < -0.39 is 5.97 Å². The molecule has 0 unspecified atom stereocenters. The highest BCUT2D eigenvalue weighted by Crippen LogP contribution is 2.38. The third kappa shape index (κ3) is 6.26. The number of ether oxygens (including phenoxy) is 3.